The molecule has 0 radical (unpaired) electrons. The summed E-state index contributed by atoms with van der Waals surface area (Å²) in [6.07, 6.45) is 3.68. The number of likely N-dealkylation sites (tertiary alicyclic amines) is 1. The highest BCUT2D eigenvalue weighted by atomic mass is 19.1. The molecule has 1 saturated heterocycles. The molecule has 4 rings (SSSR count). The van der Waals surface area contributed by atoms with Crippen LogP contribution >= 0.6 is 0 Å². The normalized spacial score (nSPS) is 17.0. The van der Waals surface area contributed by atoms with Crippen molar-refractivity contribution in [3.63, 3.8) is 0 Å². The Bertz CT molecular complexity index is 1010. The van der Waals surface area contributed by atoms with E-state index in [0.29, 0.717) is 18.7 Å². The summed E-state index contributed by atoms with van der Waals surface area (Å²) in [4.78, 5) is 21.7. The van der Waals surface area contributed by atoms with Crippen molar-refractivity contribution in [2.45, 2.75) is 32.4 Å². The van der Waals surface area contributed by atoms with Crippen LogP contribution in [0, 0.1) is 12.7 Å². The summed E-state index contributed by atoms with van der Waals surface area (Å²) in [5.41, 5.74) is 4.26. The Balaban J connectivity index is 1.78. The van der Waals surface area contributed by atoms with Crippen molar-refractivity contribution >= 4 is 11.6 Å². The Morgan fingerprint density at radius 1 is 1.29 bits per heavy atom. The zero-order valence-electron chi connectivity index (χ0n) is 16.4. The molecule has 3 heterocycles. The fourth-order valence-electron chi connectivity index (χ4n) is 3.97. The maximum Gasteiger partial charge on any atom is 0.254 e. The van der Waals surface area contributed by atoms with Gasteiger partial charge in [0.15, 0.2) is 5.65 Å². The molecule has 3 aromatic rings. The highest BCUT2D eigenvalue weighted by molar-refractivity contribution is 5.94. The number of aryl methyl sites for hydroxylation is 1. The van der Waals surface area contributed by atoms with Crippen molar-refractivity contribution in [1.82, 2.24) is 24.4 Å². The predicted molar refractivity (Wildman–Crippen MR) is 105 cm³/mol. The van der Waals surface area contributed by atoms with Crippen LogP contribution in [-0.2, 0) is 6.54 Å². The third kappa shape index (κ3) is 3.38. The van der Waals surface area contributed by atoms with Gasteiger partial charge in [-0.25, -0.2) is 13.9 Å². The maximum absolute atomic E-state index is 13.3. The molecule has 1 unspecified atom stereocenters. The van der Waals surface area contributed by atoms with Crippen LogP contribution in [0.25, 0.3) is 5.65 Å². The summed E-state index contributed by atoms with van der Waals surface area (Å²) in [5, 5.41) is 4.65. The minimum Gasteiger partial charge on any atom is -0.330 e. The van der Waals surface area contributed by atoms with Crippen LogP contribution in [0.1, 0.15) is 46.2 Å². The zero-order valence-corrected chi connectivity index (χ0v) is 16.4. The number of nitrogens with zero attached hydrogens (tertiary/aromatic N) is 5. The molecule has 1 aliphatic heterocycles. The summed E-state index contributed by atoms with van der Waals surface area (Å²) in [6.45, 7) is 3.33. The second-order valence-electron chi connectivity index (χ2n) is 7.63. The highest BCUT2D eigenvalue weighted by Gasteiger charge is 2.34. The van der Waals surface area contributed by atoms with Crippen molar-refractivity contribution in [1.29, 1.82) is 0 Å². The van der Waals surface area contributed by atoms with Crippen LogP contribution < -0.4 is 0 Å². The van der Waals surface area contributed by atoms with Crippen LogP contribution in [-0.4, -0.2) is 50.9 Å². The molecule has 1 fully saturated rings. The molecule has 0 bridgehead atoms. The number of hydrogen-bond acceptors (Lipinski definition) is 4. The molecule has 146 valence electrons. The average Bonchev–Trinajstić information content (AvgIpc) is 3.27. The summed E-state index contributed by atoms with van der Waals surface area (Å²) in [5.74, 6) is -0.419. The maximum atomic E-state index is 13.3. The molecule has 0 spiro atoms. The third-order valence-electron chi connectivity index (χ3n) is 5.13. The second-order valence-corrected chi connectivity index (χ2v) is 7.63. The van der Waals surface area contributed by atoms with Crippen molar-refractivity contribution < 1.29 is 9.18 Å². The average molecular weight is 381 g/mol. The first-order valence-electron chi connectivity index (χ1n) is 9.49. The van der Waals surface area contributed by atoms with E-state index in [9.17, 15) is 9.18 Å². The van der Waals surface area contributed by atoms with E-state index in [2.05, 4.69) is 15.0 Å². The highest BCUT2D eigenvalue weighted by Crippen LogP contribution is 2.35. The van der Waals surface area contributed by atoms with E-state index in [4.69, 9.17) is 0 Å². The molecule has 1 aromatic carbocycles. The van der Waals surface area contributed by atoms with Crippen LogP contribution in [0.2, 0.25) is 0 Å². The molecule has 0 aliphatic carbocycles. The lowest BCUT2D eigenvalue weighted by Gasteiger charge is -2.27. The van der Waals surface area contributed by atoms with Gasteiger partial charge in [0.25, 0.3) is 5.91 Å². The molecule has 1 atom stereocenters. The minimum atomic E-state index is -0.342. The standard InChI is InChI=1S/C21H24FN5O/c1-14-11-19-23-12-16(13-25(2)3)20(27(19)24-14)18-5-4-10-26(18)21(28)15-6-8-17(22)9-7-15/h6-9,11-12,18H,4-5,10,13H2,1-3H3. The van der Waals surface area contributed by atoms with Gasteiger partial charge in [-0.15, -0.1) is 0 Å². The summed E-state index contributed by atoms with van der Waals surface area (Å²) in [7, 11) is 4.02. The number of halogens is 1. The fraction of sp³-hybridized carbons (Fsp3) is 0.381. The lowest BCUT2D eigenvalue weighted by molar-refractivity contribution is 0.0730. The van der Waals surface area contributed by atoms with Gasteiger partial charge in [-0.05, 0) is 58.1 Å². The number of carbonyl (C=O) groups excluding carboxylic acids is 1. The Hall–Kier alpha value is -2.80. The Kier molecular flexibility index (Phi) is 4.85. The summed E-state index contributed by atoms with van der Waals surface area (Å²) < 4.78 is 15.2. The molecular weight excluding hydrogens is 357 g/mol. The lowest BCUT2D eigenvalue weighted by atomic mass is 10.0. The van der Waals surface area contributed by atoms with Crippen LogP contribution in [0.15, 0.2) is 36.5 Å². The molecule has 0 N–H and O–H groups in total. The van der Waals surface area contributed by atoms with Crippen molar-refractivity contribution in [2.24, 2.45) is 0 Å². The van der Waals surface area contributed by atoms with E-state index in [1.54, 1.807) is 12.1 Å². The van der Waals surface area contributed by atoms with Gasteiger partial charge in [0, 0.05) is 36.5 Å². The van der Waals surface area contributed by atoms with Crippen LogP contribution in [0.5, 0.6) is 0 Å². The monoisotopic (exact) mass is 381 g/mol. The van der Waals surface area contributed by atoms with Crippen molar-refractivity contribution in [3.8, 4) is 0 Å². The number of benzene rings is 1. The molecule has 28 heavy (non-hydrogen) atoms. The van der Waals surface area contributed by atoms with Gasteiger partial charge in [-0.3, -0.25) is 4.79 Å². The van der Waals surface area contributed by atoms with Crippen molar-refractivity contribution in [3.05, 3.63) is 64.9 Å². The first-order valence-corrected chi connectivity index (χ1v) is 9.49. The first-order chi connectivity index (χ1) is 13.4. The smallest absolute Gasteiger partial charge is 0.254 e. The molecule has 1 aliphatic rings. The number of aromatic nitrogens is 3. The molecule has 6 nitrogen and oxygen atoms in total. The Labute approximate surface area is 163 Å². The number of amides is 1. The molecule has 1 amide bonds. The largest absolute Gasteiger partial charge is 0.330 e. The quantitative estimate of drug-likeness (QED) is 0.696. The summed E-state index contributed by atoms with van der Waals surface area (Å²) >= 11 is 0. The molecule has 7 heteroatoms. The minimum absolute atomic E-state index is 0.0767. The van der Waals surface area contributed by atoms with Crippen LogP contribution in [0.3, 0.4) is 0 Å². The SMILES string of the molecule is Cc1cc2ncc(CN(C)C)c(C3CCCN3C(=O)c3ccc(F)cc3)n2n1. The van der Waals surface area contributed by atoms with E-state index >= 15 is 0 Å². The van der Waals surface area contributed by atoms with Gasteiger partial charge in [0.2, 0.25) is 0 Å². The summed E-state index contributed by atoms with van der Waals surface area (Å²) in [6, 6.07) is 7.62. The van der Waals surface area contributed by atoms with E-state index in [-0.39, 0.29) is 17.8 Å². The predicted octanol–water partition coefficient (Wildman–Crippen LogP) is 3.22. The van der Waals surface area contributed by atoms with Gasteiger partial charge in [-0.2, -0.15) is 5.10 Å². The van der Waals surface area contributed by atoms with Crippen molar-refractivity contribution in [2.75, 3.05) is 20.6 Å². The van der Waals surface area contributed by atoms with E-state index in [1.807, 2.05) is 42.7 Å². The van der Waals surface area contributed by atoms with E-state index in [1.165, 1.54) is 12.1 Å². The lowest BCUT2D eigenvalue weighted by Crippen LogP contribution is -2.32. The van der Waals surface area contributed by atoms with Gasteiger partial charge in [-0.1, -0.05) is 0 Å². The van der Waals surface area contributed by atoms with Gasteiger partial charge in [0.1, 0.15) is 5.82 Å². The number of rotatable bonds is 4. The fourth-order valence-corrected chi connectivity index (χ4v) is 3.97. The second kappa shape index (κ2) is 7.31. The Morgan fingerprint density at radius 2 is 2.04 bits per heavy atom. The van der Waals surface area contributed by atoms with Gasteiger partial charge >= 0.3 is 0 Å². The zero-order chi connectivity index (χ0) is 19.8. The topological polar surface area (TPSA) is 53.7 Å². The van der Waals surface area contributed by atoms with Gasteiger partial charge < -0.3 is 9.80 Å². The molecule has 0 saturated carbocycles. The van der Waals surface area contributed by atoms with E-state index in [0.717, 1.165) is 35.4 Å². The molecule has 2 aromatic heterocycles. The number of carbonyl (C=O) groups is 1. The molecular formula is C21H24FN5O. The first kappa shape index (κ1) is 18.6. The third-order valence-corrected chi connectivity index (χ3v) is 5.13. The number of hydrogen-bond donors (Lipinski definition) is 0. The van der Waals surface area contributed by atoms with E-state index < -0.39 is 0 Å². The number of fused-ring (bicyclic) bond motifs is 1. The van der Waals surface area contributed by atoms with Gasteiger partial charge in [0.05, 0.1) is 17.4 Å². The van der Waals surface area contributed by atoms with Crippen LogP contribution in [0.4, 0.5) is 4.39 Å². The Morgan fingerprint density at radius 3 is 2.75 bits per heavy atom.